The minimum Gasteiger partial charge on any atom is -0.508 e. The molecule has 1 rings (SSSR count). The quantitative estimate of drug-likeness (QED) is 0.403. The first-order valence-electron chi connectivity index (χ1n) is 3.32. The molecule has 0 fully saturated rings. The molecule has 12 heavy (non-hydrogen) atoms. The summed E-state index contributed by atoms with van der Waals surface area (Å²) in [5.41, 5.74) is 2.29. The Morgan fingerprint density at radius 2 is 2.00 bits per heavy atom. The van der Waals surface area contributed by atoms with E-state index in [2.05, 4.69) is 17.0 Å². The minimum absolute atomic E-state index is 0.180. The molecule has 0 radical (unpaired) electrons. The highest BCUT2D eigenvalue weighted by Crippen LogP contribution is 2.15. The van der Waals surface area contributed by atoms with Crippen LogP contribution in [0.2, 0.25) is 0 Å². The number of benzene rings is 1. The van der Waals surface area contributed by atoms with Crippen LogP contribution in [-0.4, -0.2) is 5.11 Å². The molecule has 0 aliphatic heterocycles. The average molecular weight is 167 g/mol. The van der Waals surface area contributed by atoms with E-state index in [1.165, 1.54) is 18.3 Å². The highest BCUT2D eigenvalue weighted by molar-refractivity contribution is 5.29. The van der Waals surface area contributed by atoms with Gasteiger partial charge in [-0.25, -0.2) is 5.48 Å². The van der Waals surface area contributed by atoms with E-state index < -0.39 is 0 Å². The number of phenolic OH excluding ortho intramolecular Hbond substituents is 1. The van der Waals surface area contributed by atoms with Crippen LogP contribution in [0.25, 0.3) is 0 Å². The topological polar surface area (TPSA) is 50.7 Å². The largest absolute Gasteiger partial charge is 0.508 e. The first-order valence-corrected chi connectivity index (χ1v) is 3.32. The highest BCUT2D eigenvalue weighted by Gasteiger charge is 1.92. The van der Waals surface area contributed by atoms with Crippen molar-refractivity contribution in [2.75, 3.05) is 0 Å². The standard InChI is InChI=1S/C8H9NO3/c1-2-9-12-11-8-5-3-7(10)4-6-8/h2-6,9-10H,1H2. The van der Waals surface area contributed by atoms with Crippen molar-refractivity contribution in [1.82, 2.24) is 5.48 Å². The lowest BCUT2D eigenvalue weighted by atomic mass is 10.3. The van der Waals surface area contributed by atoms with Crippen molar-refractivity contribution in [3.63, 3.8) is 0 Å². The molecule has 0 aromatic heterocycles. The summed E-state index contributed by atoms with van der Waals surface area (Å²) < 4.78 is 0. The molecule has 1 aromatic carbocycles. The van der Waals surface area contributed by atoms with Crippen molar-refractivity contribution in [3.8, 4) is 11.5 Å². The lowest BCUT2D eigenvalue weighted by Gasteiger charge is -2.01. The third-order valence-electron chi connectivity index (χ3n) is 1.11. The van der Waals surface area contributed by atoms with Gasteiger partial charge in [0.15, 0.2) is 5.75 Å². The molecule has 0 bridgehead atoms. The SMILES string of the molecule is C=CNOOc1ccc(O)cc1. The molecule has 2 N–H and O–H groups in total. The third-order valence-corrected chi connectivity index (χ3v) is 1.11. The zero-order valence-electron chi connectivity index (χ0n) is 6.36. The summed E-state index contributed by atoms with van der Waals surface area (Å²) in [6.45, 7) is 3.35. The summed E-state index contributed by atoms with van der Waals surface area (Å²) in [6.07, 6.45) is 1.33. The predicted molar refractivity (Wildman–Crippen MR) is 43.2 cm³/mol. The van der Waals surface area contributed by atoms with E-state index in [1.807, 2.05) is 0 Å². The van der Waals surface area contributed by atoms with E-state index in [0.717, 1.165) is 0 Å². The van der Waals surface area contributed by atoms with Crippen LogP contribution in [0.15, 0.2) is 37.0 Å². The van der Waals surface area contributed by atoms with Gasteiger partial charge in [-0.3, -0.25) is 0 Å². The predicted octanol–water partition coefficient (Wildman–Crippen LogP) is 1.35. The number of hydrogen-bond acceptors (Lipinski definition) is 4. The molecule has 0 atom stereocenters. The molecular formula is C8H9NO3. The fourth-order valence-corrected chi connectivity index (χ4v) is 0.608. The maximum Gasteiger partial charge on any atom is 0.168 e. The first kappa shape index (κ1) is 8.42. The normalized spacial score (nSPS) is 9.00. The van der Waals surface area contributed by atoms with Crippen LogP contribution >= 0.6 is 0 Å². The molecular weight excluding hydrogens is 158 g/mol. The Kier molecular flexibility index (Phi) is 2.98. The van der Waals surface area contributed by atoms with E-state index in [4.69, 9.17) is 9.99 Å². The maximum atomic E-state index is 8.90. The Hall–Kier alpha value is -1.68. The second-order valence-corrected chi connectivity index (χ2v) is 1.98. The zero-order valence-corrected chi connectivity index (χ0v) is 6.36. The van der Waals surface area contributed by atoms with E-state index in [1.54, 1.807) is 12.1 Å². The summed E-state index contributed by atoms with van der Waals surface area (Å²) in [6, 6.07) is 6.12. The van der Waals surface area contributed by atoms with Crippen molar-refractivity contribution in [2.24, 2.45) is 0 Å². The van der Waals surface area contributed by atoms with Gasteiger partial charge >= 0.3 is 0 Å². The first-order chi connectivity index (χ1) is 5.83. The molecule has 4 nitrogen and oxygen atoms in total. The second kappa shape index (κ2) is 4.25. The Bertz CT molecular complexity index is 245. The summed E-state index contributed by atoms with van der Waals surface area (Å²) in [5, 5.41) is 8.90. The van der Waals surface area contributed by atoms with Crippen molar-refractivity contribution in [1.29, 1.82) is 0 Å². The van der Waals surface area contributed by atoms with Gasteiger partial charge < -0.3 is 9.99 Å². The molecule has 4 heteroatoms. The molecule has 0 amide bonds. The number of aromatic hydroxyl groups is 1. The van der Waals surface area contributed by atoms with Gasteiger partial charge in [-0.2, -0.15) is 0 Å². The summed E-state index contributed by atoms with van der Waals surface area (Å²) >= 11 is 0. The molecule has 0 unspecified atom stereocenters. The van der Waals surface area contributed by atoms with Crippen LogP contribution in [0.1, 0.15) is 0 Å². The Morgan fingerprint density at radius 1 is 1.33 bits per heavy atom. The van der Waals surface area contributed by atoms with Crippen molar-refractivity contribution >= 4 is 0 Å². The van der Waals surface area contributed by atoms with Crippen LogP contribution in [-0.2, 0) is 4.99 Å². The van der Waals surface area contributed by atoms with Crippen molar-refractivity contribution < 1.29 is 15.0 Å². The second-order valence-electron chi connectivity index (χ2n) is 1.98. The minimum atomic E-state index is 0.180. The van der Waals surface area contributed by atoms with Gasteiger partial charge in [0.25, 0.3) is 0 Å². The summed E-state index contributed by atoms with van der Waals surface area (Å²) in [5.74, 6) is 0.668. The van der Waals surface area contributed by atoms with Gasteiger partial charge in [0, 0.05) is 6.20 Å². The zero-order chi connectivity index (χ0) is 8.81. The molecule has 1 aromatic rings. The molecule has 0 aliphatic carbocycles. The maximum absolute atomic E-state index is 8.90. The van der Waals surface area contributed by atoms with Gasteiger partial charge in [0.2, 0.25) is 0 Å². The molecule has 0 saturated heterocycles. The molecule has 0 spiro atoms. The van der Waals surface area contributed by atoms with E-state index in [0.29, 0.717) is 5.75 Å². The fourth-order valence-electron chi connectivity index (χ4n) is 0.608. The number of hydrogen-bond donors (Lipinski definition) is 2. The number of hydroxylamine groups is 1. The highest BCUT2D eigenvalue weighted by atomic mass is 17.3. The Labute approximate surface area is 69.9 Å². The third kappa shape index (κ3) is 2.51. The van der Waals surface area contributed by atoms with Gasteiger partial charge in [-0.05, 0) is 24.3 Å². The van der Waals surface area contributed by atoms with Crippen molar-refractivity contribution in [3.05, 3.63) is 37.0 Å². The number of nitrogens with one attached hydrogen (secondary N) is 1. The number of phenols is 1. The van der Waals surface area contributed by atoms with Gasteiger partial charge in [0.1, 0.15) is 5.75 Å². The molecule has 0 heterocycles. The summed E-state index contributed by atoms with van der Waals surface area (Å²) in [7, 11) is 0. The van der Waals surface area contributed by atoms with Crippen LogP contribution in [0.3, 0.4) is 0 Å². The van der Waals surface area contributed by atoms with Crippen LogP contribution in [0, 0.1) is 0 Å². The van der Waals surface area contributed by atoms with Crippen LogP contribution < -0.4 is 10.4 Å². The van der Waals surface area contributed by atoms with E-state index >= 15 is 0 Å². The lowest BCUT2D eigenvalue weighted by Crippen LogP contribution is -2.08. The van der Waals surface area contributed by atoms with Gasteiger partial charge in [-0.1, -0.05) is 11.6 Å². The Balaban J connectivity index is 2.42. The smallest absolute Gasteiger partial charge is 0.168 e. The number of rotatable bonds is 4. The van der Waals surface area contributed by atoms with E-state index in [9.17, 15) is 0 Å². The van der Waals surface area contributed by atoms with Crippen molar-refractivity contribution in [2.45, 2.75) is 0 Å². The van der Waals surface area contributed by atoms with Gasteiger partial charge in [0.05, 0.1) is 0 Å². The molecule has 0 aliphatic rings. The van der Waals surface area contributed by atoms with Crippen LogP contribution in [0.5, 0.6) is 11.5 Å². The average Bonchev–Trinajstić information content (AvgIpc) is 2.09. The lowest BCUT2D eigenvalue weighted by molar-refractivity contribution is -0.245. The molecule has 0 saturated carbocycles. The van der Waals surface area contributed by atoms with Crippen LogP contribution in [0.4, 0.5) is 0 Å². The fraction of sp³-hybridized carbons (Fsp3) is 0. The Morgan fingerprint density at radius 3 is 2.58 bits per heavy atom. The van der Waals surface area contributed by atoms with E-state index in [-0.39, 0.29) is 5.75 Å². The monoisotopic (exact) mass is 167 g/mol. The van der Waals surface area contributed by atoms with Gasteiger partial charge in [-0.15, -0.1) is 0 Å². The molecule has 64 valence electrons. The summed E-state index contributed by atoms with van der Waals surface area (Å²) in [4.78, 5) is 9.17.